The van der Waals surface area contributed by atoms with Gasteiger partial charge in [0.1, 0.15) is 5.69 Å². The lowest BCUT2D eigenvalue weighted by molar-refractivity contribution is -0.120. The number of H-pyrrole nitrogens is 2. The summed E-state index contributed by atoms with van der Waals surface area (Å²) in [4.78, 5) is 28.7. The molecule has 0 atom stereocenters. The average Bonchev–Trinajstić information content (AvgIpc) is 3.74. The van der Waals surface area contributed by atoms with Crippen LogP contribution in [0.2, 0.25) is 0 Å². The number of thiophene rings is 1. The van der Waals surface area contributed by atoms with Gasteiger partial charge in [0.25, 0.3) is 0 Å². The number of nitrogens with zero attached hydrogens (tertiary/aromatic N) is 3. The number of amides is 1. The molecule has 1 aliphatic carbocycles. The molecular formula is C33H32N6OS. The SMILES string of the molecule is CCc1cc(NC(=O)C2CCCCC2)cc(-c2cnc3n[nH]c(-c4nc5c(-c6ccc(C)s6)cccc5[nH]4)c3c2)c1. The van der Waals surface area contributed by atoms with Crippen LogP contribution in [0.5, 0.6) is 0 Å². The number of aryl methyl sites for hydroxylation is 2. The van der Waals surface area contributed by atoms with E-state index in [0.29, 0.717) is 5.65 Å². The van der Waals surface area contributed by atoms with E-state index >= 15 is 0 Å². The highest BCUT2D eigenvalue weighted by Crippen LogP contribution is 2.36. The Morgan fingerprint density at radius 2 is 1.93 bits per heavy atom. The first-order chi connectivity index (χ1) is 20.1. The van der Waals surface area contributed by atoms with E-state index in [1.165, 1.54) is 21.7 Å². The number of rotatable bonds is 6. The van der Waals surface area contributed by atoms with Gasteiger partial charge < -0.3 is 10.3 Å². The van der Waals surface area contributed by atoms with Crippen LogP contribution in [0, 0.1) is 12.8 Å². The molecule has 4 heterocycles. The second-order valence-electron chi connectivity index (χ2n) is 11.0. The minimum Gasteiger partial charge on any atom is -0.337 e. The second kappa shape index (κ2) is 10.6. The van der Waals surface area contributed by atoms with Crippen molar-refractivity contribution in [3.05, 3.63) is 71.2 Å². The molecule has 8 heteroatoms. The lowest BCUT2D eigenvalue weighted by atomic mass is 9.88. The molecule has 41 heavy (non-hydrogen) atoms. The Kier molecular flexibility index (Phi) is 6.63. The third-order valence-corrected chi connectivity index (χ3v) is 9.18. The standard InChI is InChI=1S/C33H32N6OS/c1-3-20-14-22(16-24(15-20)35-33(40)21-8-5-4-6-9-21)23-17-26-30(38-39-31(26)34-18-23)32-36-27-11-7-10-25(29(27)37-32)28-13-12-19(2)41-28/h7,10-18,21H,3-6,8-9H2,1-2H3,(H,35,40)(H,36,37)(H,34,38,39). The summed E-state index contributed by atoms with van der Waals surface area (Å²) in [5.74, 6) is 0.971. The van der Waals surface area contributed by atoms with Crippen molar-refractivity contribution in [2.75, 3.05) is 5.32 Å². The first-order valence-electron chi connectivity index (χ1n) is 14.4. The van der Waals surface area contributed by atoms with Crippen LogP contribution in [-0.4, -0.2) is 31.1 Å². The van der Waals surface area contributed by atoms with Crippen LogP contribution in [0.1, 0.15) is 49.5 Å². The Balaban J connectivity index is 1.25. The van der Waals surface area contributed by atoms with Crippen molar-refractivity contribution >= 4 is 45.0 Å². The number of nitrogens with one attached hydrogen (secondary N) is 3. The molecule has 0 bridgehead atoms. The lowest BCUT2D eigenvalue weighted by Crippen LogP contribution is -2.24. The van der Waals surface area contributed by atoms with Gasteiger partial charge in [-0.25, -0.2) is 9.97 Å². The quantitative estimate of drug-likeness (QED) is 0.191. The summed E-state index contributed by atoms with van der Waals surface area (Å²) in [5.41, 5.74) is 8.46. The van der Waals surface area contributed by atoms with E-state index in [0.717, 1.165) is 82.4 Å². The number of imidazole rings is 1. The van der Waals surface area contributed by atoms with Gasteiger partial charge in [-0.3, -0.25) is 9.89 Å². The Hall–Kier alpha value is -4.30. The molecule has 6 aromatic rings. The van der Waals surface area contributed by atoms with Gasteiger partial charge in [0.2, 0.25) is 5.91 Å². The second-order valence-corrected chi connectivity index (χ2v) is 12.3. The summed E-state index contributed by atoms with van der Waals surface area (Å²) in [5, 5.41) is 11.7. The highest BCUT2D eigenvalue weighted by Gasteiger charge is 2.22. The molecule has 1 aliphatic rings. The number of hydrogen-bond donors (Lipinski definition) is 3. The molecule has 1 amide bonds. The topological polar surface area (TPSA) is 99.3 Å². The van der Waals surface area contributed by atoms with E-state index in [-0.39, 0.29) is 11.8 Å². The molecule has 7 rings (SSSR count). The van der Waals surface area contributed by atoms with Gasteiger partial charge in [0.05, 0.1) is 16.4 Å². The molecule has 3 N–H and O–H groups in total. The molecule has 0 radical (unpaired) electrons. The summed E-state index contributed by atoms with van der Waals surface area (Å²) in [6.07, 6.45) is 8.18. The average molecular weight is 561 g/mol. The van der Waals surface area contributed by atoms with Crippen LogP contribution in [-0.2, 0) is 11.2 Å². The fourth-order valence-corrected chi connectivity index (χ4v) is 6.80. The van der Waals surface area contributed by atoms with Gasteiger partial charge in [-0.1, -0.05) is 44.4 Å². The zero-order valence-electron chi connectivity index (χ0n) is 23.3. The van der Waals surface area contributed by atoms with Crippen molar-refractivity contribution in [1.29, 1.82) is 0 Å². The fourth-order valence-electron chi connectivity index (χ4n) is 5.91. The highest BCUT2D eigenvalue weighted by atomic mass is 32.1. The van der Waals surface area contributed by atoms with Crippen LogP contribution in [0.15, 0.2) is 60.8 Å². The number of para-hydroxylation sites is 1. The van der Waals surface area contributed by atoms with Gasteiger partial charge in [-0.05, 0) is 73.7 Å². The highest BCUT2D eigenvalue weighted by molar-refractivity contribution is 7.15. The van der Waals surface area contributed by atoms with Gasteiger partial charge in [-0.15, -0.1) is 11.3 Å². The van der Waals surface area contributed by atoms with E-state index < -0.39 is 0 Å². The van der Waals surface area contributed by atoms with Crippen molar-refractivity contribution in [2.45, 2.75) is 52.4 Å². The van der Waals surface area contributed by atoms with E-state index in [2.05, 4.69) is 93.9 Å². The normalized spacial score (nSPS) is 14.2. The van der Waals surface area contributed by atoms with Crippen molar-refractivity contribution < 1.29 is 4.79 Å². The van der Waals surface area contributed by atoms with Crippen LogP contribution < -0.4 is 5.32 Å². The Morgan fingerprint density at radius 3 is 2.73 bits per heavy atom. The first-order valence-corrected chi connectivity index (χ1v) is 15.2. The maximum absolute atomic E-state index is 13.0. The van der Waals surface area contributed by atoms with Gasteiger partial charge in [-0.2, -0.15) is 5.10 Å². The number of carbonyl (C=O) groups is 1. The predicted molar refractivity (Wildman–Crippen MR) is 167 cm³/mol. The molecule has 2 aromatic carbocycles. The zero-order valence-corrected chi connectivity index (χ0v) is 24.1. The molecule has 0 spiro atoms. The van der Waals surface area contributed by atoms with Crippen LogP contribution in [0.4, 0.5) is 5.69 Å². The molecular weight excluding hydrogens is 528 g/mol. The summed E-state index contributed by atoms with van der Waals surface area (Å²) in [6, 6.07) is 19.0. The lowest BCUT2D eigenvalue weighted by Gasteiger charge is -2.21. The van der Waals surface area contributed by atoms with Crippen LogP contribution in [0.25, 0.3) is 55.2 Å². The molecule has 206 valence electrons. The maximum Gasteiger partial charge on any atom is 0.227 e. The number of fused-ring (bicyclic) bond motifs is 2. The number of anilines is 1. The maximum atomic E-state index is 13.0. The number of aromatic amines is 2. The van der Waals surface area contributed by atoms with E-state index in [1.54, 1.807) is 11.3 Å². The van der Waals surface area contributed by atoms with E-state index in [9.17, 15) is 4.79 Å². The summed E-state index contributed by atoms with van der Waals surface area (Å²) in [6.45, 7) is 4.25. The third kappa shape index (κ3) is 4.93. The van der Waals surface area contributed by atoms with Crippen molar-refractivity contribution in [2.24, 2.45) is 5.92 Å². The fraction of sp³-hybridized carbons (Fsp3) is 0.273. The largest absolute Gasteiger partial charge is 0.337 e. The van der Waals surface area contributed by atoms with Crippen molar-refractivity contribution in [1.82, 2.24) is 25.1 Å². The third-order valence-electron chi connectivity index (χ3n) is 8.14. The predicted octanol–water partition coefficient (Wildman–Crippen LogP) is 8.29. The molecule has 0 unspecified atom stereocenters. The van der Waals surface area contributed by atoms with E-state index in [4.69, 9.17) is 4.98 Å². The van der Waals surface area contributed by atoms with Crippen LogP contribution >= 0.6 is 11.3 Å². The minimum absolute atomic E-state index is 0.108. The van der Waals surface area contributed by atoms with E-state index in [1.807, 2.05) is 6.20 Å². The Morgan fingerprint density at radius 1 is 1.05 bits per heavy atom. The Labute approximate surface area is 242 Å². The Bertz CT molecular complexity index is 1890. The number of pyridine rings is 1. The summed E-state index contributed by atoms with van der Waals surface area (Å²) in [7, 11) is 0. The summed E-state index contributed by atoms with van der Waals surface area (Å²) >= 11 is 1.77. The smallest absolute Gasteiger partial charge is 0.227 e. The molecule has 7 nitrogen and oxygen atoms in total. The first kappa shape index (κ1) is 25.7. The number of aromatic nitrogens is 5. The van der Waals surface area contributed by atoms with Crippen LogP contribution in [0.3, 0.4) is 0 Å². The molecule has 0 aliphatic heterocycles. The number of hydrogen-bond acceptors (Lipinski definition) is 5. The molecule has 1 fully saturated rings. The summed E-state index contributed by atoms with van der Waals surface area (Å²) < 4.78 is 0. The number of carbonyl (C=O) groups excluding carboxylic acids is 1. The van der Waals surface area contributed by atoms with Gasteiger partial charge in [0, 0.05) is 38.7 Å². The molecule has 1 saturated carbocycles. The zero-order chi connectivity index (χ0) is 27.9. The number of benzene rings is 2. The van der Waals surface area contributed by atoms with Crippen molar-refractivity contribution in [3.8, 4) is 33.1 Å². The monoisotopic (exact) mass is 560 g/mol. The van der Waals surface area contributed by atoms with Crippen molar-refractivity contribution in [3.63, 3.8) is 0 Å². The minimum atomic E-state index is 0.108. The van der Waals surface area contributed by atoms with Gasteiger partial charge >= 0.3 is 0 Å². The van der Waals surface area contributed by atoms with Gasteiger partial charge in [0.15, 0.2) is 11.5 Å². The molecule has 4 aromatic heterocycles. The molecule has 0 saturated heterocycles.